The summed E-state index contributed by atoms with van der Waals surface area (Å²) in [7, 11) is 2.78. The summed E-state index contributed by atoms with van der Waals surface area (Å²) in [6.07, 6.45) is 1.89. The number of fused-ring (bicyclic) bond motifs is 1. The van der Waals surface area contributed by atoms with E-state index in [1.807, 2.05) is 0 Å². The number of carboxylic acids is 1. The van der Waals surface area contributed by atoms with Gasteiger partial charge < -0.3 is 14.7 Å². The highest BCUT2D eigenvalue weighted by Gasteiger charge is 2.37. The van der Waals surface area contributed by atoms with Crippen molar-refractivity contribution in [3.63, 3.8) is 0 Å². The Balaban J connectivity index is 1.74. The molecule has 0 radical (unpaired) electrons. The molecule has 3 heterocycles. The third kappa shape index (κ3) is 4.36. The number of benzene rings is 1. The van der Waals surface area contributed by atoms with E-state index in [1.54, 1.807) is 0 Å². The molecule has 1 N–H and O–H groups in total. The molecule has 0 saturated carbocycles. The topological polar surface area (TPSA) is 120 Å². The number of nitrogens with zero attached hydrogens (tertiary/aromatic N) is 5. The fourth-order valence-electron chi connectivity index (χ4n) is 4.12. The van der Waals surface area contributed by atoms with E-state index in [0.717, 1.165) is 28.0 Å². The van der Waals surface area contributed by atoms with E-state index in [4.69, 9.17) is 4.74 Å². The highest BCUT2D eigenvalue weighted by atomic mass is 19.3. The number of carbonyl (C=O) groups is 2. The van der Waals surface area contributed by atoms with Crippen molar-refractivity contribution in [3.8, 4) is 17.0 Å². The zero-order chi connectivity index (χ0) is 25.4. The van der Waals surface area contributed by atoms with Crippen LogP contribution in [0, 0.1) is 5.82 Å². The molecule has 1 atom stereocenters. The van der Waals surface area contributed by atoms with Crippen LogP contribution in [0.15, 0.2) is 35.4 Å². The number of aliphatic carboxylic acids is 1. The van der Waals surface area contributed by atoms with Gasteiger partial charge in [-0.1, -0.05) is 0 Å². The van der Waals surface area contributed by atoms with Gasteiger partial charge >= 0.3 is 12.5 Å². The molecule has 0 unspecified atom stereocenters. The van der Waals surface area contributed by atoms with Crippen LogP contribution in [0.25, 0.3) is 11.3 Å². The van der Waals surface area contributed by atoms with Crippen LogP contribution in [0.3, 0.4) is 0 Å². The Hall–Kier alpha value is -4.16. The number of aryl methyl sites for hydroxylation is 1. The molecule has 0 aliphatic carbocycles. The van der Waals surface area contributed by atoms with Crippen LogP contribution in [-0.4, -0.2) is 61.1 Å². The van der Waals surface area contributed by atoms with Crippen molar-refractivity contribution in [1.29, 1.82) is 0 Å². The lowest BCUT2D eigenvalue weighted by atomic mass is 9.90. The van der Waals surface area contributed by atoms with Crippen molar-refractivity contribution in [3.05, 3.63) is 63.5 Å². The van der Waals surface area contributed by atoms with Crippen LogP contribution in [0.1, 0.15) is 28.0 Å². The van der Waals surface area contributed by atoms with Crippen molar-refractivity contribution >= 4 is 11.9 Å². The van der Waals surface area contributed by atoms with Gasteiger partial charge in [-0.15, -0.1) is 0 Å². The minimum atomic E-state index is -2.90. The Morgan fingerprint density at radius 2 is 2.03 bits per heavy atom. The molecule has 0 saturated heterocycles. The van der Waals surface area contributed by atoms with E-state index in [1.165, 1.54) is 26.3 Å². The standard InChI is InChI=1S/C22H20F3N5O5/c1-28-17(31)8-16(35-2)19(27-28)13-3-4-14(23)18-12(13)5-6-29(20(18)32)15(21(33)34)7-11-9-26-30(10-11)22(24)25/h3-4,8-10,15,22H,5-7H2,1-2H3,(H,33,34)/t15-/m1/s1. The van der Waals surface area contributed by atoms with Gasteiger partial charge in [0.05, 0.1) is 18.9 Å². The normalized spacial score (nSPS) is 14.2. The minimum Gasteiger partial charge on any atom is -0.494 e. The summed E-state index contributed by atoms with van der Waals surface area (Å²) in [6, 6.07) is 2.26. The average Bonchev–Trinajstić information content (AvgIpc) is 3.29. The number of hydrogen-bond acceptors (Lipinski definition) is 6. The van der Waals surface area contributed by atoms with Gasteiger partial charge in [0.1, 0.15) is 17.6 Å². The van der Waals surface area contributed by atoms with E-state index in [9.17, 15) is 32.7 Å². The maximum atomic E-state index is 14.9. The van der Waals surface area contributed by atoms with E-state index >= 15 is 0 Å². The first-order valence-electron chi connectivity index (χ1n) is 10.4. The molecule has 0 spiro atoms. The summed E-state index contributed by atoms with van der Waals surface area (Å²) < 4.78 is 47.3. The van der Waals surface area contributed by atoms with Crippen molar-refractivity contribution in [1.82, 2.24) is 24.5 Å². The predicted molar refractivity (Wildman–Crippen MR) is 115 cm³/mol. The van der Waals surface area contributed by atoms with E-state index in [2.05, 4.69) is 10.2 Å². The highest BCUT2D eigenvalue weighted by molar-refractivity contribution is 6.01. The predicted octanol–water partition coefficient (Wildman–Crippen LogP) is 1.88. The molecule has 1 aromatic carbocycles. The first kappa shape index (κ1) is 24.0. The Labute approximate surface area is 196 Å². The van der Waals surface area contributed by atoms with E-state index in [-0.39, 0.29) is 42.0 Å². The number of hydrogen-bond donors (Lipinski definition) is 1. The first-order valence-corrected chi connectivity index (χ1v) is 10.4. The van der Waals surface area contributed by atoms with Crippen molar-refractivity contribution < 1.29 is 32.6 Å². The van der Waals surface area contributed by atoms with Crippen LogP contribution in [0.5, 0.6) is 5.75 Å². The number of carboxylic acid groups (broad SMARTS) is 1. The number of methoxy groups -OCH3 is 1. The van der Waals surface area contributed by atoms with Crippen molar-refractivity contribution in [2.45, 2.75) is 25.4 Å². The summed E-state index contributed by atoms with van der Waals surface area (Å²) in [5.74, 6) is -2.94. The molecule has 0 bridgehead atoms. The fourth-order valence-corrected chi connectivity index (χ4v) is 4.12. The highest BCUT2D eigenvalue weighted by Crippen LogP contribution is 2.35. The molecule has 2 aromatic heterocycles. The Kier molecular flexibility index (Phi) is 6.33. The van der Waals surface area contributed by atoms with E-state index < -0.39 is 35.8 Å². The molecular weight excluding hydrogens is 471 g/mol. The number of amides is 1. The second-order valence-electron chi connectivity index (χ2n) is 7.88. The SMILES string of the molecule is COc1cc(=O)n(C)nc1-c1ccc(F)c2c1CCN([C@H](Cc1cnn(C(F)F)c1)C(=O)O)C2=O. The molecule has 3 aromatic rings. The first-order chi connectivity index (χ1) is 16.6. The van der Waals surface area contributed by atoms with Gasteiger partial charge in [0.25, 0.3) is 11.5 Å². The molecule has 13 heteroatoms. The zero-order valence-corrected chi connectivity index (χ0v) is 18.6. The van der Waals surface area contributed by atoms with Gasteiger partial charge in [-0.25, -0.2) is 18.5 Å². The van der Waals surface area contributed by atoms with Gasteiger partial charge in [0.15, 0.2) is 5.75 Å². The molecule has 10 nitrogen and oxygen atoms in total. The summed E-state index contributed by atoms with van der Waals surface area (Å²) >= 11 is 0. The van der Waals surface area contributed by atoms with Gasteiger partial charge in [-0.05, 0) is 29.7 Å². The largest absolute Gasteiger partial charge is 0.494 e. The second-order valence-corrected chi connectivity index (χ2v) is 7.88. The van der Waals surface area contributed by atoms with Crippen molar-refractivity contribution in [2.24, 2.45) is 7.05 Å². The lowest BCUT2D eigenvalue weighted by Gasteiger charge is -2.34. The van der Waals surface area contributed by atoms with Gasteiger partial charge in [-0.2, -0.15) is 19.0 Å². The molecule has 4 rings (SSSR count). The minimum absolute atomic E-state index is 0.0731. The van der Waals surface area contributed by atoms with Gasteiger partial charge in [0, 0.05) is 37.8 Å². The molecule has 1 aliphatic rings. The Morgan fingerprint density at radius 3 is 2.66 bits per heavy atom. The lowest BCUT2D eigenvalue weighted by Crippen LogP contribution is -2.50. The van der Waals surface area contributed by atoms with Crippen molar-refractivity contribution in [2.75, 3.05) is 13.7 Å². The van der Waals surface area contributed by atoms with Crippen LogP contribution in [0.4, 0.5) is 13.2 Å². The zero-order valence-electron chi connectivity index (χ0n) is 18.6. The Bertz CT molecular complexity index is 1370. The smallest absolute Gasteiger partial charge is 0.333 e. The van der Waals surface area contributed by atoms with Crippen LogP contribution >= 0.6 is 0 Å². The number of ether oxygens (including phenoxy) is 1. The fraction of sp³-hybridized carbons (Fsp3) is 0.318. The number of carbonyl (C=O) groups excluding carboxylic acids is 1. The summed E-state index contributed by atoms with van der Waals surface area (Å²) in [5, 5.41) is 17.5. The summed E-state index contributed by atoms with van der Waals surface area (Å²) in [4.78, 5) is 38.3. The van der Waals surface area contributed by atoms with Crippen LogP contribution in [0.2, 0.25) is 0 Å². The molecule has 1 aliphatic heterocycles. The number of rotatable bonds is 7. The summed E-state index contributed by atoms with van der Waals surface area (Å²) in [6.45, 7) is -2.97. The van der Waals surface area contributed by atoms with Crippen LogP contribution in [-0.2, 0) is 24.7 Å². The number of aromatic nitrogens is 4. The molecule has 0 fully saturated rings. The molecular formula is C22H20F3N5O5. The van der Waals surface area contributed by atoms with E-state index in [0.29, 0.717) is 15.8 Å². The second kappa shape index (κ2) is 9.24. The summed E-state index contributed by atoms with van der Waals surface area (Å²) in [5.41, 5.74) is 0.326. The van der Waals surface area contributed by atoms with Crippen LogP contribution < -0.4 is 10.3 Å². The monoisotopic (exact) mass is 491 g/mol. The maximum Gasteiger partial charge on any atom is 0.333 e. The Morgan fingerprint density at radius 1 is 1.29 bits per heavy atom. The average molecular weight is 491 g/mol. The van der Waals surface area contributed by atoms with Gasteiger partial charge in [0.2, 0.25) is 0 Å². The third-order valence-corrected chi connectivity index (χ3v) is 5.82. The van der Waals surface area contributed by atoms with Gasteiger partial charge in [-0.3, -0.25) is 9.59 Å². The quantitative estimate of drug-likeness (QED) is 0.536. The molecule has 35 heavy (non-hydrogen) atoms. The molecule has 184 valence electrons. The third-order valence-electron chi connectivity index (χ3n) is 5.82. The molecule has 1 amide bonds. The maximum absolute atomic E-state index is 14.9. The number of alkyl halides is 2. The number of halogens is 3. The lowest BCUT2D eigenvalue weighted by molar-refractivity contribution is -0.142.